The molecule has 0 radical (unpaired) electrons. The highest BCUT2D eigenvalue weighted by Crippen LogP contribution is 2.06. The molecule has 1 amide bonds. The molecule has 0 aliphatic rings. The van der Waals surface area contributed by atoms with E-state index in [1.807, 2.05) is 25.1 Å². The van der Waals surface area contributed by atoms with Crippen LogP contribution in [0.4, 0.5) is 0 Å². The lowest BCUT2D eigenvalue weighted by Gasteiger charge is -2.21. The van der Waals surface area contributed by atoms with Crippen LogP contribution in [0.5, 0.6) is 0 Å². The Morgan fingerprint density at radius 1 is 1.28 bits per heavy atom. The van der Waals surface area contributed by atoms with Gasteiger partial charge in [0.1, 0.15) is 0 Å². The van der Waals surface area contributed by atoms with Crippen LogP contribution < -0.4 is 0 Å². The lowest BCUT2D eigenvalue weighted by molar-refractivity contribution is -0.131. The van der Waals surface area contributed by atoms with Gasteiger partial charge in [0.15, 0.2) is 0 Å². The molecule has 102 valence electrons. The molecule has 0 saturated carbocycles. The van der Waals surface area contributed by atoms with Gasteiger partial charge >= 0.3 is 0 Å². The fourth-order valence-corrected chi connectivity index (χ4v) is 2.04. The van der Waals surface area contributed by atoms with Gasteiger partial charge in [-0.25, -0.2) is 4.98 Å². The highest BCUT2D eigenvalue weighted by molar-refractivity contribution is 5.76. The fourth-order valence-electron chi connectivity index (χ4n) is 2.04. The van der Waals surface area contributed by atoms with E-state index in [0.29, 0.717) is 6.42 Å². The molecular weight excluding hydrogens is 226 g/mol. The maximum Gasteiger partial charge on any atom is 0.224 e. The molecule has 0 atom stereocenters. The number of nitrogens with zero attached hydrogens (tertiary/aromatic N) is 3. The Bertz CT molecular complexity index is 378. The largest absolute Gasteiger partial charge is 0.343 e. The second-order valence-corrected chi connectivity index (χ2v) is 4.74. The Balaban J connectivity index is 2.51. The van der Waals surface area contributed by atoms with Gasteiger partial charge < -0.3 is 9.47 Å². The Labute approximate surface area is 110 Å². The quantitative estimate of drug-likeness (QED) is 0.747. The summed E-state index contributed by atoms with van der Waals surface area (Å²) in [6.45, 7) is 10.7. The molecule has 1 heterocycles. The SMILES string of the molecule is CCCN(CCC)C(=O)CCn1cnc(C)c1C. The summed E-state index contributed by atoms with van der Waals surface area (Å²) in [5.41, 5.74) is 2.20. The molecule has 4 heteroatoms. The van der Waals surface area contributed by atoms with Gasteiger partial charge in [-0.3, -0.25) is 4.79 Å². The van der Waals surface area contributed by atoms with E-state index < -0.39 is 0 Å². The summed E-state index contributed by atoms with van der Waals surface area (Å²) in [6, 6.07) is 0. The predicted octanol–water partition coefficient (Wildman–Crippen LogP) is 2.54. The minimum Gasteiger partial charge on any atom is -0.343 e. The lowest BCUT2D eigenvalue weighted by atomic mass is 10.3. The first-order chi connectivity index (χ1) is 8.60. The summed E-state index contributed by atoms with van der Waals surface area (Å²) >= 11 is 0. The molecule has 0 aliphatic carbocycles. The summed E-state index contributed by atoms with van der Waals surface area (Å²) in [6.07, 6.45) is 4.43. The number of rotatable bonds is 7. The predicted molar refractivity (Wildman–Crippen MR) is 73.5 cm³/mol. The number of hydrogen-bond acceptors (Lipinski definition) is 2. The first-order valence-corrected chi connectivity index (χ1v) is 6.86. The average Bonchev–Trinajstić information content (AvgIpc) is 2.67. The number of carbonyl (C=O) groups is 1. The van der Waals surface area contributed by atoms with Crippen molar-refractivity contribution in [1.29, 1.82) is 0 Å². The second-order valence-electron chi connectivity index (χ2n) is 4.74. The average molecular weight is 251 g/mol. The Morgan fingerprint density at radius 2 is 1.89 bits per heavy atom. The van der Waals surface area contributed by atoms with E-state index in [2.05, 4.69) is 23.4 Å². The zero-order valence-electron chi connectivity index (χ0n) is 12.1. The van der Waals surface area contributed by atoms with Crippen molar-refractivity contribution in [2.75, 3.05) is 13.1 Å². The molecular formula is C14H25N3O. The maximum absolute atomic E-state index is 12.1. The third-order valence-corrected chi connectivity index (χ3v) is 3.25. The van der Waals surface area contributed by atoms with E-state index in [1.165, 1.54) is 0 Å². The zero-order valence-corrected chi connectivity index (χ0v) is 12.1. The van der Waals surface area contributed by atoms with E-state index in [-0.39, 0.29) is 5.91 Å². The van der Waals surface area contributed by atoms with Crippen molar-refractivity contribution in [1.82, 2.24) is 14.5 Å². The maximum atomic E-state index is 12.1. The van der Waals surface area contributed by atoms with Crippen molar-refractivity contribution in [3.8, 4) is 0 Å². The monoisotopic (exact) mass is 251 g/mol. The summed E-state index contributed by atoms with van der Waals surface area (Å²) in [5.74, 6) is 0.254. The van der Waals surface area contributed by atoms with E-state index in [9.17, 15) is 4.79 Å². The van der Waals surface area contributed by atoms with Gasteiger partial charge in [-0.05, 0) is 26.7 Å². The molecule has 0 aliphatic heterocycles. The van der Waals surface area contributed by atoms with Crippen molar-refractivity contribution in [2.45, 2.75) is 53.5 Å². The first-order valence-electron chi connectivity index (χ1n) is 6.86. The number of aryl methyl sites for hydroxylation is 2. The summed E-state index contributed by atoms with van der Waals surface area (Å²) in [7, 11) is 0. The molecule has 0 N–H and O–H groups in total. The lowest BCUT2D eigenvalue weighted by Crippen LogP contribution is -2.33. The van der Waals surface area contributed by atoms with Crippen LogP contribution in [0, 0.1) is 13.8 Å². The van der Waals surface area contributed by atoms with Crippen LogP contribution in [-0.4, -0.2) is 33.4 Å². The van der Waals surface area contributed by atoms with E-state index >= 15 is 0 Å². The summed E-state index contributed by atoms with van der Waals surface area (Å²) in [5, 5.41) is 0. The molecule has 4 nitrogen and oxygen atoms in total. The number of imidazole rings is 1. The van der Waals surface area contributed by atoms with Gasteiger partial charge in [0, 0.05) is 31.7 Å². The van der Waals surface area contributed by atoms with E-state index in [1.54, 1.807) is 0 Å². The first kappa shape index (κ1) is 14.7. The van der Waals surface area contributed by atoms with Crippen LogP contribution in [0.2, 0.25) is 0 Å². The number of hydrogen-bond donors (Lipinski definition) is 0. The van der Waals surface area contributed by atoms with Crippen LogP contribution in [0.1, 0.15) is 44.5 Å². The molecule has 0 unspecified atom stereocenters. The Hall–Kier alpha value is -1.32. The highest BCUT2D eigenvalue weighted by Gasteiger charge is 2.12. The summed E-state index contributed by atoms with van der Waals surface area (Å²) < 4.78 is 2.06. The van der Waals surface area contributed by atoms with Gasteiger partial charge in [-0.1, -0.05) is 13.8 Å². The van der Waals surface area contributed by atoms with Crippen molar-refractivity contribution in [2.24, 2.45) is 0 Å². The van der Waals surface area contributed by atoms with Gasteiger partial charge in [0.25, 0.3) is 0 Å². The third-order valence-electron chi connectivity index (χ3n) is 3.25. The zero-order chi connectivity index (χ0) is 13.5. The molecule has 1 rings (SSSR count). The van der Waals surface area contributed by atoms with Gasteiger partial charge in [0.2, 0.25) is 5.91 Å². The topological polar surface area (TPSA) is 38.1 Å². The van der Waals surface area contributed by atoms with Crippen molar-refractivity contribution < 1.29 is 4.79 Å². The number of amides is 1. The number of carbonyl (C=O) groups excluding carboxylic acids is 1. The molecule has 0 fully saturated rings. The number of aromatic nitrogens is 2. The van der Waals surface area contributed by atoms with Crippen molar-refractivity contribution in [3.63, 3.8) is 0 Å². The van der Waals surface area contributed by atoms with Crippen molar-refractivity contribution >= 4 is 5.91 Å². The van der Waals surface area contributed by atoms with Crippen LogP contribution >= 0.6 is 0 Å². The van der Waals surface area contributed by atoms with E-state index in [4.69, 9.17) is 0 Å². The Kier molecular flexibility index (Phi) is 5.89. The standard InChI is InChI=1S/C14H25N3O/c1-5-8-16(9-6-2)14(18)7-10-17-11-15-12(3)13(17)4/h11H,5-10H2,1-4H3. The van der Waals surface area contributed by atoms with Gasteiger partial charge in [-0.2, -0.15) is 0 Å². The summed E-state index contributed by atoms with van der Waals surface area (Å²) in [4.78, 5) is 18.3. The normalized spacial score (nSPS) is 10.7. The smallest absolute Gasteiger partial charge is 0.224 e. The van der Waals surface area contributed by atoms with Crippen LogP contribution in [0.25, 0.3) is 0 Å². The van der Waals surface area contributed by atoms with Crippen LogP contribution in [-0.2, 0) is 11.3 Å². The molecule has 0 bridgehead atoms. The van der Waals surface area contributed by atoms with Crippen LogP contribution in [0.3, 0.4) is 0 Å². The molecule has 0 saturated heterocycles. The molecule has 0 spiro atoms. The molecule has 0 aromatic carbocycles. The minimum atomic E-state index is 0.254. The van der Waals surface area contributed by atoms with Gasteiger partial charge in [0.05, 0.1) is 12.0 Å². The van der Waals surface area contributed by atoms with Gasteiger partial charge in [-0.15, -0.1) is 0 Å². The van der Waals surface area contributed by atoms with Crippen molar-refractivity contribution in [3.05, 3.63) is 17.7 Å². The molecule has 1 aromatic heterocycles. The fraction of sp³-hybridized carbons (Fsp3) is 0.714. The molecule has 18 heavy (non-hydrogen) atoms. The van der Waals surface area contributed by atoms with Crippen LogP contribution in [0.15, 0.2) is 6.33 Å². The molecule has 1 aromatic rings. The third kappa shape index (κ3) is 3.86. The second kappa shape index (κ2) is 7.19. The van der Waals surface area contributed by atoms with E-state index in [0.717, 1.165) is 43.9 Å². The minimum absolute atomic E-state index is 0.254. The highest BCUT2D eigenvalue weighted by atomic mass is 16.2. The Morgan fingerprint density at radius 3 is 2.33 bits per heavy atom.